The highest BCUT2D eigenvalue weighted by Crippen LogP contribution is 2.27. The summed E-state index contributed by atoms with van der Waals surface area (Å²) in [5, 5.41) is 9.51. The van der Waals surface area contributed by atoms with E-state index in [2.05, 4.69) is 9.97 Å². The zero-order valence-electron chi connectivity index (χ0n) is 13.3. The van der Waals surface area contributed by atoms with Gasteiger partial charge >= 0.3 is 0 Å². The molecule has 11 heteroatoms. The van der Waals surface area contributed by atoms with Crippen LogP contribution >= 0.6 is 12.3 Å². The number of nitrogens with zero attached hydrogens (tertiary/aromatic N) is 3. The predicted molar refractivity (Wildman–Crippen MR) is 85.3 cm³/mol. The van der Waals surface area contributed by atoms with Gasteiger partial charge in [-0.25, -0.2) is 23.3 Å². The van der Waals surface area contributed by atoms with Crippen LogP contribution in [0.4, 0.5) is 8.78 Å². The maximum atomic E-state index is 12.8. The van der Waals surface area contributed by atoms with Crippen LogP contribution in [0.3, 0.4) is 0 Å². The minimum Gasteiger partial charge on any atom is -0.506 e. The predicted octanol–water partition coefficient (Wildman–Crippen LogP) is 2.35. The second kappa shape index (κ2) is 8.12. The minimum atomic E-state index is -3.05. The summed E-state index contributed by atoms with van der Waals surface area (Å²) >= 11 is 0.649. The molecule has 0 aromatic carbocycles. The third-order valence-electron chi connectivity index (χ3n) is 2.59. The molecule has 0 aliphatic heterocycles. The maximum Gasteiger partial charge on any atom is 0.278 e. The van der Waals surface area contributed by atoms with Gasteiger partial charge in [0, 0.05) is 13.0 Å². The molecule has 0 radical (unpaired) electrons. The Labute approximate surface area is 145 Å². The molecule has 0 saturated heterocycles. The molecule has 136 valence electrons. The Morgan fingerprint density at radius 2 is 2.12 bits per heavy atom. The van der Waals surface area contributed by atoms with Gasteiger partial charge in [0.15, 0.2) is 18.2 Å². The largest absolute Gasteiger partial charge is 0.506 e. The van der Waals surface area contributed by atoms with E-state index in [1.54, 1.807) is 6.92 Å². The number of hydrogen-bond acceptors (Lipinski definition) is 8. The maximum absolute atomic E-state index is 12.8. The molecule has 0 saturated carbocycles. The van der Waals surface area contributed by atoms with E-state index in [1.165, 1.54) is 6.07 Å². The van der Waals surface area contributed by atoms with Gasteiger partial charge in [-0.3, -0.25) is 8.98 Å². The van der Waals surface area contributed by atoms with Gasteiger partial charge in [-0.2, -0.15) is 0 Å². The molecule has 0 atom stereocenters. The van der Waals surface area contributed by atoms with Gasteiger partial charge in [-0.05, 0) is 6.92 Å². The number of hydrogen-bond donors (Lipinski definition) is 1. The van der Waals surface area contributed by atoms with Crippen molar-refractivity contribution in [1.29, 1.82) is 0 Å². The second-order valence-electron chi connectivity index (χ2n) is 4.87. The smallest absolute Gasteiger partial charge is 0.278 e. The Morgan fingerprint density at radius 1 is 1.36 bits per heavy atom. The third kappa shape index (κ3) is 5.57. The summed E-state index contributed by atoms with van der Waals surface area (Å²) in [5.74, 6) is -3.38. The molecule has 0 fully saturated rings. The van der Waals surface area contributed by atoms with Gasteiger partial charge in [0.2, 0.25) is 18.2 Å². The summed E-state index contributed by atoms with van der Waals surface area (Å²) < 4.78 is 41.6. The van der Waals surface area contributed by atoms with E-state index < -0.39 is 18.1 Å². The first-order chi connectivity index (χ1) is 11.8. The van der Waals surface area contributed by atoms with Gasteiger partial charge in [-0.1, -0.05) is 0 Å². The Hall–Kier alpha value is -2.40. The van der Waals surface area contributed by atoms with Gasteiger partial charge in [0.05, 0.1) is 18.9 Å². The number of rotatable bonds is 8. The van der Waals surface area contributed by atoms with Crippen LogP contribution in [0.25, 0.3) is 5.82 Å². The van der Waals surface area contributed by atoms with Crippen molar-refractivity contribution in [2.24, 2.45) is 0 Å². The Morgan fingerprint density at radius 3 is 2.76 bits per heavy atom. The first-order valence-corrected chi connectivity index (χ1v) is 7.71. The summed E-state index contributed by atoms with van der Waals surface area (Å²) in [6, 6.07) is 2.18. The molecule has 2 heterocycles. The van der Waals surface area contributed by atoms with Crippen LogP contribution in [0.2, 0.25) is 0 Å². The quantitative estimate of drug-likeness (QED) is 0.555. The lowest BCUT2D eigenvalue weighted by molar-refractivity contribution is -0.0243. The normalized spacial score (nSPS) is 11.4. The lowest BCUT2D eigenvalue weighted by atomic mass is 10.4. The monoisotopic (exact) mass is 375 g/mol. The van der Waals surface area contributed by atoms with Crippen molar-refractivity contribution < 1.29 is 27.0 Å². The molecule has 0 amide bonds. The van der Waals surface area contributed by atoms with Crippen molar-refractivity contribution in [2.45, 2.75) is 19.8 Å². The lowest BCUT2D eigenvalue weighted by Crippen LogP contribution is -2.24. The number of halogens is 2. The van der Waals surface area contributed by atoms with E-state index in [1.807, 2.05) is 0 Å². The summed E-state index contributed by atoms with van der Waals surface area (Å²) in [5.41, 5.74) is -0.631. The SMILES string of the molecule is CCOSOc1cc(O)cnc1-n1cnc(OCC(C)(F)F)cc1=O. The second-order valence-corrected chi connectivity index (χ2v) is 5.41. The van der Waals surface area contributed by atoms with Crippen LogP contribution in [0.1, 0.15) is 13.8 Å². The highest BCUT2D eigenvalue weighted by molar-refractivity contribution is 7.90. The fraction of sp³-hybridized carbons (Fsp3) is 0.357. The Balaban J connectivity index is 2.27. The molecule has 2 aromatic rings. The van der Waals surface area contributed by atoms with Gasteiger partial charge in [0.25, 0.3) is 11.5 Å². The van der Waals surface area contributed by atoms with E-state index >= 15 is 0 Å². The first kappa shape index (κ1) is 18.9. The molecule has 0 aliphatic carbocycles. The van der Waals surface area contributed by atoms with Crippen LogP contribution in [-0.2, 0) is 4.18 Å². The van der Waals surface area contributed by atoms with Crippen LogP contribution < -0.4 is 14.5 Å². The molecule has 2 aromatic heterocycles. The van der Waals surface area contributed by atoms with Crippen LogP contribution in [0, 0.1) is 0 Å². The van der Waals surface area contributed by atoms with Crippen molar-refractivity contribution in [2.75, 3.05) is 13.2 Å². The van der Waals surface area contributed by atoms with E-state index in [9.17, 15) is 18.7 Å². The molecule has 8 nitrogen and oxygen atoms in total. The number of aromatic hydroxyl groups is 1. The fourth-order valence-electron chi connectivity index (χ4n) is 1.60. The van der Waals surface area contributed by atoms with E-state index in [0.717, 1.165) is 23.2 Å². The standard InChI is InChI=1S/C14H15F2N3O5S/c1-3-23-25-24-10-4-9(20)6-17-13(10)19-8-18-11(5-12(19)21)22-7-14(2,15)16/h4-6,8,20H,3,7H2,1-2H3. The highest BCUT2D eigenvalue weighted by atomic mass is 32.2. The van der Waals surface area contributed by atoms with Gasteiger partial charge < -0.3 is 14.0 Å². The van der Waals surface area contributed by atoms with E-state index in [-0.39, 0.29) is 23.2 Å². The molecular formula is C14H15F2N3O5S. The third-order valence-corrected chi connectivity index (χ3v) is 3.17. The molecule has 1 N–H and O–H groups in total. The molecule has 0 spiro atoms. The Kier molecular flexibility index (Phi) is 6.15. The topological polar surface area (TPSA) is 95.7 Å². The molecular weight excluding hydrogens is 360 g/mol. The first-order valence-electron chi connectivity index (χ1n) is 7.05. The van der Waals surface area contributed by atoms with Crippen molar-refractivity contribution >= 4 is 12.3 Å². The number of alkyl halides is 2. The fourth-order valence-corrected chi connectivity index (χ4v) is 1.94. The number of aromatic nitrogens is 3. The van der Waals surface area contributed by atoms with Crippen molar-refractivity contribution in [1.82, 2.24) is 14.5 Å². The van der Waals surface area contributed by atoms with Crippen molar-refractivity contribution in [3.63, 3.8) is 0 Å². The number of pyridine rings is 1. The highest BCUT2D eigenvalue weighted by Gasteiger charge is 2.22. The average molecular weight is 375 g/mol. The zero-order valence-corrected chi connectivity index (χ0v) is 14.1. The summed E-state index contributed by atoms with van der Waals surface area (Å²) in [4.78, 5) is 19.9. The molecule has 25 heavy (non-hydrogen) atoms. The summed E-state index contributed by atoms with van der Waals surface area (Å²) in [6.07, 6.45) is 2.17. The lowest BCUT2D eigenvalue weighted by Gasteiger charge is -2.12. The number of ether oxygens (including phenoxy) is 1. The van der Waals surface area contributed by atoms with Gasteiger partial charge in [-0.15, -0.1) is 0 Å². The van der Waals surface area contributed by atoms with Crippen LogP contribution in [0.5, 0.6) is 17.4 Å². The Bertz CT molecular complexity index is 782. The van der Waals surface area contributed by atoms with Gasteiger partial charge in [0.1, 0.15) is 12.1 Å². The zero-order chi connectivity index (χ0) is 18.4. The van der Waals surface area contributed by atoms with E-state index in [4.69, 9.17) is 13.1 Å². The van der Waals surface area contributed by atoms with Crippen LogP contribution in [-0.4, -0.2) is 38.8 Å². The van der Waals surface area contributed by atoms with Crippen molar-refractivity contribution in [3.8, 4) is 23.2 Å². The molecule has 2 rings (SSSR count). The van der Waals surface area contributed by atoms with Crippen molar-refractivity contribution in [3.05, 3.63) is 35.0 Å². The summed E-state index contributed by atoms with van der Waals surface area (Å²) in [7, 11) is 0. The molecule has 0 aliphatic rings. The molecule has 0 bridgehead atoms. The minimum absolute atomic E-state index is 0.0369. The van der Waals surface area contributed by atoms with E-state index in [0.29, 0.717) is 25.9 Å². The van der Waals surface area contributed by atoms with Crippen LogP contribution in [0.15, 0.2) is 29.5 Å². The summed E-state index contributed by atoms with van der Waals surface area (Å²) in [6.45, 7) is 1.92. The molecule has 0 unspecified atom stereocenters. The average Bonchev–Trinajstić information content (AvgIpc) is 2.53.